The quantitative estimate of drug-likeness (QED) is 0.533. The van der Waals surface area contributed by atoms with Crippen molar-refractivity contribution >= 4 is 29.1 Å². The van der Waals surface area contributed by atoms with Gasteiger partial charge < -0.3 is 9.42 Å². The number of benzene rings is 2. The molecule has 0 radical (unpaired) electrons. The van der Waals surface area contributed by atoms with E-state index in [4.69, 9.17) is 27.7 Å². The second-order valence-corrected chi connectivity index (χ2v) is 6.82. The number of hydrogen-bond donors (Lipinski definition) is 0. The van der Waals surface area contributed by atoms with Gasteiger partial charge in [0.2, 0.25) is 11.7 Å². The van der Waals surface area contributed by atoms with Crippen molar-refractivity contribution in [3.63, 3.8) is 0 Å². The first-order valence-corrected chi connectivity index (χ1v) is 8.98. The first-order chi connectivity index (χ1) is 13.0. The summed E-state index contributed by atoms with van der Waals surface area (Å²) in [5, 5.41) is 4.76. The molecule has 7 heteroatoms. The molecule has 0 saturated heterocycles. The third-order valence-electron chi connectivity index (χ3n) is 3.87. The van der Waals surface area contributed by atoms with Gasteiger partial charge in [0.15, 0.2) is 0 Å². The molecule has 138 valence electrons. The third-order valence-corrected chi connectivity index (χ3v) is 4.43. The normalized spacial score (nSPS) is 10.6. The van der Waals surface area contributed by atoms with Gasteiger partial charge in [0.05, 0.1) is 10.6 Å². The molecule has 3 rings (SSSR count). The summed E-state index contributed by atoms with van der Waals surface area (Å²) in [4.78, 5) is 18.8. The summed E-state index contributed by atoms with van der Waals surface area (Å²) in [6, 6.07) is 12.5. The highest BCUT2D eigenvalue weighted by Crippen LogP contribution is 2.23. The van der Waals surface area contributed by atoms with Crippen LogP contribution in [0.3, 0.4) is 0 Å². The number of hydrogen-bond acceptors (Lipinski definition) is 4. The van der Waals surface area contributed by atoms with E-state index in [0.717, 1.165) is 11.1 Å². The van der Waals surface area contributed by atoms with E-state index in [-0.39, 0.29) is 12.5 Å². The van der Waals surface area contributed by atoms with Crippen LogP contribution in [0, 0.1) is 6.92 Å². The van der Waals surface area contributed by atoms with Crippen molar-refractivity contribution < 1.29 is 9.32 Å². The Bertz CT molecular complexity index is 985. The Morgan fingerprint density at radius 3 is 2.81 bits per heavy atom. The molecule has 0 N–H and O–H groups in total. The topological polar surface area (TPSA) is 59.2 Å². The average Bonchev–Trinajstić information content (AvgIpc) is 3.11. The highest BCUT2D eigenvalue weighted by molar-refractivity contribution is 6.35. The van der Waals surface area contributed by atoms with Crippen LogP contribution >= 0.6 is 23.2 Å². The van der Waals surface area contributed by atoms with Gasteiger partial charge in [0, 0.05) is 17.1 Å². The van der Waals surface area contributed by atoms with Gasteiger partial charge in [-0.3, -0.25) is 4.79 Å². The largest absolute Gasteiger partial charge is 0.337 e. The zero-order valence-corrected chi connectivity index (χ0v) is 16.2. The molecule has 0 aliphatic heterocycles. The van der Waals surface area contributed by atoms with E-state index in [2.05, 4.69) is 16.7 Å². The minimum atomic E-state index is -0.294. The van der Waals surface area contributed by atoms with E-state index in [1.165, 1.54) is 11.0 Å². The monoisotopic (exact) mass is 401 g/mol. The molecule has 1 aromatic heterocycles. The van der Waals surface area contributed by atoms with Gasteiger partial charge >= 0.3 is 0 Å². The molecule has 2 aromatic carbocycles. The van der Waals surface area contributed by atoms with E-state index in [9.17, 15) is 4.79 Å². The van der Waals surface area contributed by atoms with E-state index in [1.54, 1.807) is 18.2 Å². The fourth-order valence-electron chi connectivity index (χ4n) is 2.59. The molecule has 0 unspecified atom stereocenters. The van der Waals surface area contributed by atoms with Crippen LogP contribution in [-0.4, -0.2) is 27.5 Å². The SMILES string of the molecule is C=CCN(Cc1nc(-c2cccc(C)c2)no1)C(=O)c1cc(Cl)ccc1Cl. The summed E-state index contributed by atoms with van der Waals surface area (Å²) in [5.41, 5.74) is 2.26. The zero-order valence-electron chi connectivity index (χ0n) is 14.7. The van der Waals surface area contributed by atoms with E-state index < -0.39 is 0 Å². The van der Waals surface area contributed by atoms with Crippen LogP contribution in [0.25, 0.3) is 11.4 Å². The van der Waals surface area contributed by atoms with Crippen molar-refractivity contribution in [2.24, 2.45) is 0 Å². The van der Waals surface area contributed by atoms with Crippen molar-refractivity contribution in [1.29, 1.82) is 0 Å². The highest BCUT2D eigenvalue weighted by Gasteiger charge is 2.21. The number of carbonyl (C=O) groups excluding carboxylic acids is 1. The Kier molecular flexibility index (Phi) is 5.94. The predicted octanol–water partition coefficient (Wildman–Crippen LogP) is 5.18. The second kappa shape index (κ2) is 8.37. The van der Waals surface area contributed by atoms with Crippen molar-refractivity contribution in [3.05, 3.63) is 82.2 Å². The number of aryl methyl sites for hydroxylation is 1. The van der Waals surface area contributed by atoms with Crippen LogP contribution in [0.1, 0.15) is 21.8 Å². The lowest BCUT2D eigenvalue weighted by Gasteiger charge is -2.19. The molecule has 5 nitrogen and oxygen atoms in total. The maximum atomic E-state index is 12.9. The fraction of sp³-hybridized carbons (Fsp3) is 0.150. The predicted molar refractivity (Wildman–Crippen MR) is 106 cm³/mol. The highest BCUT2D eigenvalue weighted by atomic mass is 35.5. The molecule has 0 spiro atoms. The lowest BCUT2D eigenvalue weighted by Crippen LogP contribution is -2.31. The van der Waals surface area contributed by atoms with E-state index in [1.807, 2.05) is 31.2 Å². The Balaban J connectivity index is 1.83. The van der Waals surface area contributed by atoms with Gasteiger partial charge in [-0.2, -0.15) is 4.98 Å². The van der Waals surface area contributed by atoms with Crippen LogP contribution in [0.2, 0.25) is 10.0 Å². The standard InChI is InChI=1S/C20H17Cl2N3O2/c1-3-9-25(20(26)16-11-15(21)7-8-17(16)22)12-18-23-19(24-27-18)14-6-4-5-13(2)10-14/h3-8,10-11H,1,9,12H2,2H3. The fourth-order valence-corrected chi connectivity index (χ4v) is 2.96. The summed E-state index contributed by atoms with van der Waals surface area (Å²) >= 11 is 12.2. The number of rotatable bonds is 6. The Labute approximate surface area is 167 Å². The van der Waals surface area contributed by atoms with Crippen LogP contribution in [-0.2, 0) is 6.54 Å². The lowest BCUT2D eigenvalue weighted by atomic mass is 10.1. The van der Waals surface area contributed by atoms with Crippen LogP contribution < -0.4 is 0 Å². The zero-order chi connectivity index (χ0) is 19.4. The number of aromatic nitrogens is 2. The van der Waals surface area contributed by atoms with Crippen molar-refractivity contribution in [2.45, 2.75) is 13.5 Å². The van der Waals surface area contributed by atoms with Gasteiger partial charge in [-0.1, -0.05) is 58.2 Å². The molecule has 0 aliphatic rings. The molecule has 0 fully saturated rings. The summed E-state index contributed by atoms with van der Waals surface area (Å²) in [6.45, 7) is 6.12. The molecule has 0 saturated carbocycles. The third kappa shape index (κ3) is 4.56. The van der Waals surface area contributed by atoms with Crippen molar-refractivity contribution in [1.82, 2.24) is 15.0 Å². The Hall–Kier alpha value is -2.63. The number of nitrogens with zero attached hydrogens (tertiary/aromatic N) is 3. The number of amides is 1. The van der Waals surface area contributed by atoms with Gasteiger partial charge in [0.25, 0.3) is 5.91 Å². The lowest BCUT2D eigenvalue weighted by molar-refractivity contribution is 0.0745. The Morgan fingerprint density at radius 2 is 2.07 bits per heavy atom. The molecule has 27 heavy (non-hydrogen) atoms. The minimum absolute atomic E-state index is 0.131. The van der Waals surface area contributed by atoms with Crippen LogP contribution in [0.5, 0.6) is 0 Å². The molecule has 0 bridgehead atoms. The molecule has 1 amide bonds. The Morgan fingerprint density at radius 1 is 1.26 bits per heavy atom. The number of carbonyl (C=O) groups is 1. The molecule has 0 aliphatic carbocycles. The minimum Gasteiger partial charge on any atom is -0.337 e. The first-order valence-electron chi connectivity index (χ1n) is 8.23. The van der Waals surface area contributed by atoms with E-state index >= 15 is 0 Å². The van der Waals surface area contributed by atoms with E-state index in [0.29, 0.717) is 33.9 Å². The average molecular weight is 402 g/mol. The summed E-state index contributed by atoms with van der Waals surface area (Å²) in [6.07, 6.45) is 1.62. The number of halogens is 2. The molecular formula is C20H17Cl2N3O2. The van der Waals surface area contributed by atoms with Gasteiger partial charge in [0.1, 0.15) is 6.54 Å². The maximum Gasteiger partial charge on any atom is 0.256 e. The summed E-state index contributed by atoms with van der Waals surface area (Å²) in [7, 11) is 0. The van der Waals surface area contributed by atoms with Crippen molar-refractivity contribution in [3.8, 4) is 11.4 Å². The van der Waals surface area contributed by atoms with Gasteiger partial charge in [-0.25, -0.2) is 0 Å². The maximum absolute atomic E-state index is 12.9. The van der Waals surface area contributed by atoms with Gasteiger partial charge in [-0.15, -0.1) is 6.58 Å². The molecule has 0 atom stereocenters. The smallest absolute Gasteiger partial charge is 0.256 e. The molecule has 1 heterocycles. The first kappa shape index (κ1) is 19.1. The summed E-state index contributed by atoms with van der Waals surface area (Å²) < 4.78 is 5.33. The van der Waals surface area contributed by atoms with Crippen LogP contribution in [0.4, 0.5) is 0 Å². The molecule has 3 aromatic rings. The van der Waals surface area contributed by atoms with Crippen molar-refractivity contribution in [2.75, 3.05) is 6.54 Å². The van der Waals surface area contributed by atoms with Crippen LogP contribution in [0.15, 0.2) is 59.6 Å². The molecular weight excluding hydrogens is 385 g/mol. The second-order valence-electron chi connectivity index (χ2n) is 5.98. The summed E-state index contributed by atoms with van der Waals surface area (Å²) in [5.74, 6) is 0.498. The van der Waals surface area contributed by atoms with Gasteiger partial charge in [-0.05, 0) is 31.2 Å².